The SMILES string of the molecule is O=Nc1c[nH]c(=O)cc1Cl. The van der Waals surface area contributed by atoms with Gasteiger partial charge in [-0.05, 0) is 5.18 Å². The molecule has 0 spiro atoms. The van der Waals surface area contributed by atoms with Crippen molar-refractivity contribution >= 4 is 17.3 Å². The van der Waals surface area contributed by atoms with E-state index in [0.29, 0.717) is 0 Å². The molecule has 0 aromatic carbocycles. The Bertz CT molecular complexity index is 307. The molecule has 1 aromatic rings. The molecule has 0 bridgehead atoms. The predicted molar refractivity (Wildman–Crippen MR) is 37.5 cm³/mol. The van der Waals surface area contributed by atoms with Crippen molar-refractivity contribution < 1.29 is 0 Å². The van der Waals surface area contributed by atoms with Gasteiger partial charge in [0.05, 0.1) is 5.02 Å². The minimum atomic E-state index is -0.350. The van der Waals surface area contributed by atoms with Crippen molar-refractivity contribution in [2.24, 2.45) is 5.18 Å². The summed E-state index contributed by atoms with van der Waals surface area (Å²) in [5.74, 6) is 0. The van der Waals surface area contributed by atoms with Gasteiger partial charge in [-0.25, -0.2) is 0 Å². The lowest BCUT2D eigenvalue weighted by molar-refractivity contribution is 1.22. The summed E-state index contributed by atoms with van der Waals surface area (Å²) in [7, 11) is 0. The fraction of sp³-hybridized carbons (Fsp3) is 0. The highest BCUT2D eigenvalue weighted by Gasteiger charge is 1.98. The predicted octanol–water partition coefficient (Wildman–Crippen LogP) is 1.43. The van der Waals surface area contributed by atoms with E-state index in [2.05, 4.69) is 10.2 Å². The molecule has 0 aliphatic heterocycles. The second-order valence-electron chi connectivity index (χ2n) is 1.62. The van der Waals surface area contributed by atoms with Gasteiger partial charge in [-0.3, -0.25) is 4.79 Å². The maximum Gasteiger partial charge on any atom is 0.249 e. The van der Waals surface area contributed by atoms with Crippen LogP contribution in [0.3, 0.4) is 0 Å². The van der Waals surface area contributed by atoms with E-state index in [4.69, 9.17) is 11.6 Å². The lowest BCUT2D eigenvalue weighted by atomic mass is 10.4. The average molecular weight is 159 g/mol. The number of hydrogen-bond acceptors (Lipinski definition) is 3. The number of nitrogens with one attached hydrogen (secondary N) is 1. The molecule has 0 unspecified atom stereocenters. The maximum atomic E-state index is 10.5. The Morgan fingerprint density at radius 2 is 2.30 bits per heavy atom. The van der Waals surface area contributed by atoms with E-state index in [9.17, 15) is 9.70 Å². The number of rotatable bonds is 1. The van der Waals surface area contributed by atoms with Gasteiger partial charge in [-0.2, -0.15) is 0 Å². The van der Waals surface area contributed by atoms with Crippen LogP contribution in [0.25, 0.3) is 0 Å². The summed E-state index contributed by atoms with van der Waals surface area (Å²) in [6.45, 7) is 0. The molecule has 0 aliphatic carbocycles. The van der Waals surface area contributed by atoms with E-state index in [0.717, 1.165) is 12.3 Å². The Kier molecular flexibility index (Phi) is 1.82. The first-order chi connectivity index (χ1) is 4.74. The van der Waals surface area contributed by atoms with Crippen LogP contribution in [0.2, 0.25) is 5.02 Å². The number of pyridine rings is 1. The van der Waals surface area contributed by atoms with Crippen LogP contribution >= 0.6 is 11.6 Å². The molecule has 1 rings (SSSR count). The minimum absolute atomic E-state index is 0.0428. The van der Waals surface area contributed by atoms with Crippen molar-refractivity contribution in [2.75, 3.05) is 0 Å². The molecule has 1 heterocycles. The Morgan fingerprint density at radius 1 is 1.60 bits per heavy atom. The Morgan fingerprint density at radius 3 is 2.80 bits per heavy atom. The van der Waals surface area contributed by atoms with Gasteiger partial charge in [-0.15, -0.1) is 4.91 Å². The van der Waals surface area contributed by atoms with Crippen molar-refractivity contribution in [2.45, 2.75) is 0 Å². The average Bonchev–Trinajstić information content (AvgIpc) is 1.88. The van der Waals surface area contributed by atoms with Gasteiger partial charge in [0, 0.05) is 12.3 Å². The summed E-state index contributed by atoms with van der Waals surface area (Å²) >= 11 is 5.42. The fourth-order valence-electron chi connectivity index (χ4n) is 0.509. The quantitative estimate of drug-likeness (QED) is 0.629. The zero-order valence-corrected chi connectivity index (χ0v) is 5.55. The zero-order valence-electron chi connectivity index (χ0n) is 4.80. The zero-order chi connectivity index (χ0) is 7.56. The van der Waals surface area contributed by atoms with Crippen molar-refractivity contribution in [3.63, 3.8) is 0 Å². The van der Waals surface area contributed by atoms with Crippen LogP contribution < -0.4 is 5.56 Å². The van der Waals surface area contributed by atoms with Crippen LogP contribution in [0.4, 0.5) is 5.69 Å². The number of aromatic nitrogens is 1. The molecule has 0 aliphatic rings. The molecular formula is C5H3ClN2O2. The third-order valence-electron chi connectivity index (χ3n) is 0.952. The highest BCUT2D eigenvalue weighted by atomic mass is 35.5. The number of aromatic amines is 1. The molecule has 52 valence electrons. The molecule has 0 amide bonds. The fourth-order valence-corrected chi connectivity index (χ4v) is 0.697. The Labute approximate surface area is 60.8 Å². The van der Waals surface area contributed by atoms with E-state index in [1.54, 1.807) is 0 Å². The molecule has 0 saturated heterocycles. The van der Waals surface area contributed by atoms with Gasteiger partial charge in [0.15, 0.2) is 0 Å². The number of H-pyrrole nitrogens is 1. The summed E-state index contributed by atoms with van der Waals surface area (Å²) in [4.78, 5) is 22.6. The molecule has 1 N–H and O–H groups in total. The largest absolute Gasteiger partial charge is 0.327 e. The van der Waals surface area contributed by atoms with Crippen LogP contribution in [0.1, 0.15) is 0 Å². The second-order valence-corrected chi connectivity index (χ2v) is 2.03. The molecule has 0 atom stereocenters. The van der Waals surface area contributed by atoms with Crippen molar-refractivity contribution in [3.05, 3.63) is 32.5 Å². The summed E-state index contributed by atoms with van der Waals surface area (Å²) in [5.41, 5.74) is -0.307. The standard InChI is InChI=1S/C5H3ClN2O2/c6-3-1-5(9)7-2-4(3)8-10/h1-2H,(H,7,9). The van der Waals surface area contributed by atoms with Gasteiger partial charge in [0.25, 0.3) is 0 Å². The number of hydrogen-bond donors (Lipinski definition) is 1. The van der Waals surface area contributed by atoms with Crippen molar-refractivity contribution in [1.82, 2.24) is 4.98 Å². The van der Waals surface area contributed by atoms with Crippen molar-refractivity contribution in [1.29, 1.82) is 0 Å². The van der Waals surface area contributed by atoms with Crippen molar-refractivity contribution in [3.8, 4) is 0 Å². The highest BCUT2D eigenvalue weighted by molar-refractivity contribution is 6.32. The summed E-state index contributed by atoms with van der Waals surface area (Å²) in [5, 5.41) is 2.63. The molecule has 0 saturated carbocycles. The van der Waals surface area contributed by atoms with Gasteiger partial charge in [0.2, 0.25) is 5.56 Å². The summed E-state index contributed by atoms with van der Waals surface area (Å²) < 4.78 is 0. The second kappa shape index (κ2) is 2.62. The lowest BCUT2D eigenvalue weighted by Crippen LogP contribution is -2.00. The normalized spacial score (nSPS) is 9.30. The molecule has 4 nitrogen and oxygen atoms in total. The first-order valence-corrected chi connectivity index (χ1v) is 2.83. The van der Waals surface area contributed by atoms with E-state index in [1.165, 1.54) is 0 Å². The number of nitrogens with zero attached hydrogens (tertiary/aromatic N) is 1. The van der Waals surface area contributed by atoms with Gasteiger partial charge in [-0.1, -0.05) is 11.6 Å². The van der Waals surface area contributed by atoms with E-state index >= 15 is 0 Å². The third-order valence-corrected chi connectivity index (χ3v) is 1.25. The van der Waals surface area contributed by atoms with Crippen LogP contribution in [0, 0.1) is 4.91 Å². The minimum Gasteiger partial charge on any atom is -0.327 e. The van der Waals surface area contributed by atoms with Crippen LogP contribution in [-0.4, -0.2) is 4.98 Å². The number of nitroso groups, excluding NO2 is 1. The first kappa shape index (κ1) is 6.95. The van der Waals surface area contributed by atoms with Gasteiger partial charge in [0.1, 0.15) is 5.69 Å². The number of halogens is 1. The monoisotopic (exact) mass is 158 g/mol. The molecule has 0 radical (unpaired) electrons. The molecule has 10 heavy (non-hydrogen) atoms. The first-order valence-electron chi connectivity index (χ1n) is 2.45. The molecule has 5 heteroatoms. The Balaban J connectivity index is 3.32. The van der Waals surface area contributed by atoms with E-state index < -0.39 is 0 Å². The van der Waals surface area contributed by atoms with Gasteiger partial charge < -0.3 is 4.98 Å². The summed E-state index contributed by atoms with van der Waals surface area (Å²) in [6, 6.07) is 1.10. The van der Waals surface area contributed by atoms with Crippen LogP contribution in [-0.2, 0) is 0 Å². The van der Waals surface area contributed by atoms with Crippen LogP contribution in [0.15, 0.2) is 22.2 Å². The smallest absolute Gasteiger partial charge is 0.249 e. The highest BCUT2D eigenvalue weighted by Crippen LogP contribution is 2.19. The van der Waals surface area contributed by atoms with Crippen LogP contribution in [0.5, 0.6) is 0 Å². The van der Waals surface area contributed by atoms with E-state index in [-0.39, 0.29) is 16.3 Å². The van der Waals surface area contributed by atoms with E-state index in [1.807, 2.05) is 0 Å². The summed E-state index contributed by atoms with van der Waals surface area (Å²) in [6.07, 6.45) is 1.16. The third kappa shape index (κ3) is 1.22. The van der Waals surface area contributed by atoms with Gasteiger partial charge >= 0.3 is 0 Å². The molecule has 1 aromatic heterocycles. The maximum absolute atomic E-state index is 10.5. The molecule has 0 fully saturated rings. The lowest BCUT2D eigenvalue weighted by Gasteiger charge is -1.88. The Hall–Kier alpha value is -1.16. The topological polar surface area (TPSA) is 62.3 Å². The molecular weight excluding hydrogens is 156 g/mol.